The van der Waals surface area contributed by atoms with Gasteiger partial charge < -0.3 is 4.48 Å². The number of hydrogen-bond donors (Lipinski definition) is 0. The van der Waals surface area contributed by atoms with Crippen molar-refractivity contribution >= 4 is 79.3 Å². The minimum Gasteiger partial charge on any atom is -0.328 e. The molecule has 0 saturated heterocycles. The monoisotopic (exact) mass is 890 g/mol. The van der Waals surface area contributed by atoms with Gasteiger partial charge in [-0.15, -0.1) is 22.7 Å². The molecule has 7 nitrogen and oxygen atoms in total. The molecule has 308 valence electrons. The Labute approximate surface area is 354 Å². The van der Waals surface area contributed by atoms with Gasteiger partial charge in [-0.3, -0.25) is 19.4 Å². The van der Waals surface area contributed by atoms with Gasteiger partial charge in [-0.2, -0.15) is 26.3 Å². The predicted octanol–water partition coefficient (Wildman–Crippen LogP) is 12.9. The molecule has 0 aliphatic heterocycles. The van der Waals surface area contributed by atoms with Crippen LogP contribution in [0.25, 0.3) is 22.5 Å². The molecule has 0 atom stereocenters. The molecule has 0 bridgehead atoms. The van der Waals surface area contributed by atoms with Gasteiger partial charge in [0.2, 0.25) is 11.8 Å². The number of anilines is 4. The fraction of sp³-hybridized carbons (Fsp3) is 0.238. The molecule has 0 unspecified atom stereocenters. The minimum absolute atomic E-state index is 0.0225. The molecule has 6 aromatic rings. The predicted molar refractivity (Wildman–Crippen MR) is 223 cm³/mol. The Morgan fingerprint density at radius 3 is 1.37 bits per heavy atom. The fourth-order valence-electron chi connectivity index (χ4n) is 6.31. The summed E-state index contributed by atoms with van der Waals surface area (Å²) in [6, 6.07) is 22.9. The summed E-state index contributed by atoms with van der Waals surface area (Å²) in [6.45, 7) is 0.934. The largest absolute Gasteiger partial charge is 0.416 e. The number of nitrogens with zero attached hydrogens (tertiary/aromatic N) is 5. The van der Waals surface area contributed by atoms with Crippen molar-refractivity contribution in [1.82, 2.24) is 9.97 Å². The summed E-state index contributed by atoms with van der Waals surface area (Å²) in [4.78, 5) is 39.4. The zero-order valence-corrected chi connectivity index (χ0v) is 34.7. The number of aromatic nitrogens is 2. The number of hydrogen-bond acceptors (Lipinski definition) is 6. The first-order chi connectivity index (χ1) is 27.9. The van der Waals surface area contributed by atoms with Crippen LogP contribution < -0.4 is 9.80 Å². The van der Waals surface area contributed by atoms with E-state index in [1.54, 1.807) is 59.3 Å². The summed E-state index contributed by atoms with van der Waals surface area (Å²) in [5.41, 5.74) is 0.607. The lowest BCUT2D eigenvalue weighted by Crippen LogP contribution is -2.42. The van der Waals surface area contributed by atoms with E-state index in [-0.39, 0.29) is 34.5 Å². The molecule has 0 fully saturated rings. The van der Waals surface area contributed by atoms with Crippen LogP contribution in [0, 0.1) is 0 Å². The van der Waals surface area contributed by atoms with Gasteiger partial charge in [0.1, 0.15) is 0 Å². The number of quaternary nitrogens is 1. The van der Waals surface area contributed by atoms with Crippen LogP contribution in [0.1, 0.15) is 36.8 Å². The van der Waals surface area contributed by atoms with Crippen molar-refractivity contribution in [3.63, 3.8) is 0 Å². The second kappa shape index (κ2) is 18.2. The molecule has 2 amide bonds. The standard InChI is InChI=1S/C42H36Cl2F6N5O2S2/c1-55(2,19-7-17-37(56)53(33-15-5-11-29(23-33)41(45,46)47)39-51-35(25-58-39)27-9-3-13-31(43)21-27)20-8-18-38(57)54(34-16-6-12-30(24-34)42(48,49)50)40-52-36(26-59-40)28-10-4-14-32(44)22-28/h3-6,9-16,21-26H,7-8,17-20H2,1-2H3/q+1. The molecule has 2 heterocycles. The summed E-state index contributed by atoms with van der Waals surface area (Å²) < 4.78 is 82.8. The van der Waals surface area contributed by atoms with E-state index in [1.165, 1.54) is 34.1 Å². The molecule has 0 spiro atoms. The number of halogens is 8. The number of rotatable bonds is 14. The number of alkyl halides is 6. The highest BCUT2D eigenvalue weighted by Gasteiger charge is 2.34. The number of amides is 2. The second-order valence-corrected chi connectivity index (χ2v) is 16.7. The van der Waals surface area contributed by atoms with Gasteiger partial charge in [0.25, 0.3) is 0 Å². The highest BCUT2D eigenvalue weighted by molar-refractivity contribution is 7.14. The summed E-state index contributed by atoms with van der Waals surface area (Å²) >= 11 is 14.6. The van der Waals surface area contributed by atoms with Crippen molar-refractivity contribution < 1.29 is 40.4 Å². The second-order valence-electron chi connectivity index (χ2n) is 14.2. The summed E-state index contributed by atoms with van der Waals surface area (Å²) in [6.07, 6.45) is -8.61. The molecule has 59 heavy (non-hydrogen) atoms. The van der Waals surface area contributed by atoms with Crippen LogP contribution in [0.15, 0.2) is 108 Å². The Morgan fingerprint density at radius 1 is 0.610 bits per heavy atom. The highest BCUT2D eigenvalue weighted by atomic mass is 35.5. The SMILES string of the molecule is C[N+](C)(CCCC(=O)N(c1cccc(C(F)(F)F)c1)c1nc(-c2cccc(Cl)c2)cs1)CCCC(=O)N(c1cccc(C(F)(F)F)c1)c1nc(-c2cccc(Cl)c2)cs1. The average molecular weight is 892 g/mol. The van der Waals surface area contributed by atoms with E-state index >= 15 is 0 Å². The van der Waals surface area contributed by atoms with Crippen molar-refractivity contribution in [3.05, 3.63) is 129 Å². The summed E-state index contributed by atoms with van der Waals surface area (Å²) in [5, 5.41) is 4.76. The van der Waals surface area contributed by atoms with E-state index in [0.29, 0.717) is 63.0 Å². The smallest absolute Gasteiger partial charge is 0.328 e. The lowest BCUT2D eigenvalue weighted by atomic mass is 10.1. The zero-order valence-electron chi connectivity index (χ0n) is 31.5. The van der Waals surface area contributed by atoms with Gasteiger partial charge in [0, 0.05) is 57.6 Å². The summed E-state index contributed by atoms with van der Waals surface area (Å²) in [7, 11) is 3.83. The summed E-state index contributed by atoms with van der Waals surface area (Å²) in [5.74, 6) is -0.910. The third kappa shape index (κ3) is 11.3. The van der Waals surface area contributed by atoms with Gasteiger partial charge in [-0.25, -0.2) is 9.97 Å². The molecule has 0 radical (unpaired) electrons. The van der Waals surface area contributed by atoms with Gasteiger partial charge in [-0.05, 0) is 60.7 Å². The topological polar surface area (TPSA) is 66.4 Å². The molecule has 4 aromatic carbocycles. The van der Waals surface area contributed by atoms with Crippen LogP contribution in [-0.4, -0.2) is 53.5 Å². The first-order valence-electron chi connectivity index (χ1n) is 18.1. The molecule has 6 rings (SSSR count). The van der Waals surface area contributed by atoms with Crippen LogP contribution in [0.3, 0.4) is 0 Å². The molecule has 0 N–H and O–H groups in total. The third-order valence-corrected chi connectivity index (χ3v) is 11.4. The first-order valence-corrected chi connectivity index (χ1v) is 20.6. The van der Waals surface area contributed by atoms with Gasteiger partial charge in [0.15, 0.2) is 10.3 Å². The zero-order chi connectivity index (χ0) is 42.5. The van der Waals surface area contributed by atoms with E-state index in [1.807, 2.05) is 14.1 Å². The highest BCUT2D eigenvalue weighted by Crippen LogP contribution is 2.39. The lowest BCUT2D eigenvalue weighted by Gasteiger charge is -2.30. The van der Waals surface area contributed by atoms with Gasteiger partial charge >= 0.3 is 12.4 Å². The lowest BCUT2D eigenvalue weighted by molar-refractivity contribution is -0.890. The normalized spacial score (nSPS) is 12.1. The van der Waals surface area contributed by atoms with Gasteiger partial charge in [0.05, 0.1) is 61.1 Å². The molecule has 2 aromatic heterocycles. The number of thiazole rings is 2. The minimum atomic E-state index is -4.63. The van der Waals surface area contributed by atoms with Crippen molar-refractivity contribution in [2.24, 2.45) is 0 Å². The van der Waals surface area contributed by atoms with Crippen molar-refractivity contribution in [2.45, 2.75) is 38.0 Å². The van der Waals surface area contributed by atoms with E-state index in [2.05, 4.69) is 9.97 Å². The van der Waals surface area contributed by atoms with E-state index in [0.717, 1.165) is 46.9 Å². The Bertz CT molecular complexity index is 2270. The van der Waals surface area contributed by atoms with Crippen LogP contribution >= 0.6 is 45.9 Å². The van der Waals surface area contributed by atoms with E-state index < -0.39 is 35.3 Å². The Hall–Kier alpha value is -4.80. The van der Waals surface area contributed by atoms with Crippen LogP contribution in [0.2, 0.25) is 10.0 Å². The van der Waals surface area contributed by atoms with Crippen LogP contribution in [0.4, 0.5) is 48.0 Å². The molecule has 0 aliphatic rings. The Balaban J connectivity index is 1.14. The first kappa shape index (κ1) is 43.8. The Morgan fingerprint density at radius 2 is 1.00 bits per heavy atom. The van der Waals surface area contributed by atoms with Crippen molar-refractivity contribution in [2.75, 3.05) is 37.0 Å². The fourth-order valence-corrected chi connectivity index (χ4v) is 8.43. The maximum absolute atomic E-state index is 13.9. The number of carbonyl (C=O) groups excluding carboxylic acids is 2. The Kier molecular flexibility index (Phi) is 13.5. The molecule has 0 aliphatic carbocycles. The van der Waals surface area contributed by atoms with Crippen LogP contribution in [-0.2, 0) is 21.9 Å². The third-order valence-electron chi connectivity index (χ3n) is 9.28. The number of carbonyl (C=O) groups is 2. The van der Waals surface area contributed by atoms with Gasteiger partial charge in [-0.1, -0.05) is 59.6 Å². The average Bonchev–Trinajstić information content (AvgIpc) is 3.86. The van der Waals surface area contributed by atoms with Crippen molar-refractivity contribution in [1.29, 1.82) is 0 Å². The quantitative estimate of drug-likeness (QED) is 0.0807. The number of benzene rings is 4. The molecular formula is C42H36Cl2F6N5O2S2+. The van der Waals surface area contributed by atoms with E-state index in [9.17, 15) is 35.9 Å². The molecule has 0 saturated carbocycles. The van der Waals surface area contributed by atoms with E-state index in [4.69, 9.17) is 23.2 Å². The van der Waals surface area contributed by atoms with Crippen LogP contribution in [0.5, 0.6) is 0 Å². The maximum Gasteiger partial charge on any atom is 0.416 e. The maximum atomic E-state index is 13.9. The molecule has 17 heteroatoms. The van der Waals surface area contributed by atoms with Crippen molar-refractivity contribution in [3.8, 4) is 22.5 Å². The molecular weight excluding hydrogens is 856 g/mol.